The summed E-state index contributed by atoms with van der Waals surface area (Å²) in [6, 6.07) is 15.6. The standard InChI is InChI=1S/C31H30ClFN6O4/c1-19(40)36-29-18-23(9-13-34-29)43-27-8-6-21(17-25(27)32)37-30-24(4-3-12-35-30)31(41)38-26-7-5-20(33)16-28(26)42-22-10-14-39(2)15-11-22/h3-9,12-13,16-18,22H,10-11,14-15H2,1-2H3,(H,35,37)(H,38,41)(H,34,36,40). The number of pyridine rings is 2. The van der Waals surface area contributed by atoms with Crippen LogP contribution >= 0.6 is 11.6 Å². The summed E-state index contributed by atoms with van der Waals surface area (Å²) >= 11 is 6.50. The molecule has 4 aromatic rings. The molecule has 1 aliphatic heterocycles. The van der Waals surface area contributed by atoms with E-state index < -0.39 is 11.7 Å². The average molecular weight is 605 g/mol. The number of anilines is 4. The number of benzene rings is 2. The van der Waals surface area contributed by atoms with Gasteiger partial charge in [-0.2, -0.15) is 0 Å². The Morgan fingerprint density at radius 1 is 0.977 bits per heavy atom. The number of carbonyl (C=O) groups is 2. The van der Waals surface area contributed by atoms with Gasteiger partial charge in [0.05, 0.1) is 16.3 Å². The van der Waals surface area contributed by atoms with Crippen molar-refractivity contribution in [3.05, 3.63) is 89.5 Å². The first kappa shape index (κ1) is 29.7. The topological polar surface area (TPSA) is 118 Å². The van der Waals surface area contributed by atoms with Crippen molar-refractivity contribution >= 4 is 46.4 Å². The van der Waals surface area contributed by atoms with Crippen molar-refractivity contribution in [2.45, 2.75) is 25.9 Å². The highest BCUT2D eigenvalue weighted by molar-refractivity contribution is 6.32. The molecule has 0 atom stereocenters. The smallest absolute Gasteiger partial charge is 0.259 e. The molecule has 12 heteroatoms. The third-order valence-corrected chi connectivity index (χ3v) is 6.96. The van der Waals surface area contributed by atoms with Gasteiger partial charge >= 0.3 is 0 Å². The van der Waals surface area contributed by atoms with Gasteiger partial charge in [0.25, 0.3) is 5.91 Å². The molecule has 1 saturated heterocycles. The lowest BCUT2D eigenvalue weighted by Gasteiger charge is -2.30. The van der Waals surface area contributed by atoms with E-state index in [4.69, 9.17) is 21.1 Å². The molecule has 0 radical (unpaired) electrons. The molecule has 0 aliphatic carbocycles. The summed E-state index contributed by atoms with van der Waals surface area (Å²) in [5.74, 6) is 0.576. The number of halogens is 2. The zero-order valence-electron chi connectivity index (χ0n) is 23.6. The first-order chi connectivity index (χ1) is 20.7. The SMILES string of the molecule is CC(=O)Nc1cc(Oc2ccc(Nc3ncccc3C(=O)Nc3ccc(F)cc3OC3CCN(C)CC3)cc2Cl)ccn1. The lowest BCUT2D eigenvalue weighted by molar-refractivity contribution is -0.114. The van der Waals surface area contributed by atoms with Crippen molar-refractivity contribution in [2.24, 2.45) is 0 Å². The summed E-state index contributed by atoms with van der Waals surface area (Å²) in [5, 5.41) is 8.87. The summed E-state index contributed by atoms with van der Waals surface area (Å²) < 4.78 is 26.1. The molecule has 2 amide bonds. The van der Waals surface area contributed by atoms with Gasteiger partial charge < -0.3 is 30.3 Å². The Kier molecular flexibility index (Phi) is 9.33. The highest BCUT2D eigenvalue weighted by Crippen LogP contribution is 2.34. The predicted octanol–water partition coefficient (Wildman–Crippen LogP) is 6.49. The zero-order valence-corrected chi connectivity index (χ0v) is 24.3. The Bertz CT molecular complexity index is 1630. The number of ether oxygens (including phenoxy) is 2. The number of aromatic nitrogens is 2. The quantitative estimate of drug-likeness (QED) is 0.198. The lowest BCUT2D eigenvalue weighted by Crippen LogP contribution is -2.35. The molecule has 2 aromatic carbocycles. The molecule has 3 N–H and O–H groups in total. The number of hydrogen-bond acceptors (Lipinski definition) is 8. The number of piperidine rings is 1. The first-order valence-electron chi connectivity index (χ1n) is 13.6. The van der Waals surface area contributed by atoms with Crippen molar-refractivity contribution in [3.8, 4) is 17.2 Å². The van der Waals surface area contributed by atoms with Gasteiger partial charge in [-0.25, -0.2) is 14.4 Å². The summed E-state index contributed by atoms with van der Waals surface area (Å²) in [7, 11) is 2.05. The molecule has 0 unspecified atom stereocenters. The lowest BCUT2D eigenvalue weighted by atomic mass is 10.1. The van der Waals surface area contributed by atoms with Gasteiger partial charge in [0.1, 0.15) is 40.8 Å². The van der Waals surface area contributed by atoms with E-state index in [1.807, 2.05) is 7.05 Å². The van der Waals surface area contributed by atoms with Crippen molar-refractivity contribution in [3.63, 3.8) is 0 Å². The van der Waals surface area contributed by atoms with E-state index in [1.54, 1.807) is 48.7 Å². The van der Waals surface area contributed by atoms with Crippen LogP contribution in [-0.4, -0.2) is 52.9 Å². The second-order valence-electron chi connectivity index (χ2n) is 10.0. The van der Waals surface area contributed by atoms with Crippen LogP contribution < -0.4 is 25.4 Å². The molecule has 10 nitrogen and oxygen atoms in total. The largest absolute Gasteiger partial charge is 0.488 e. The minimum absolute atomic E-state index is 0.0706. The van der Waals surface area contributed by atoms with Gasteiger partial charge in [-0.3, -0.25) is 9.59 Å². The normalized spacial score (nSPS) is 13.7. The third kappa shape index (κ3) is 7.97. The van der Waals surface area contributed by atoms with E-state index in [1.165, 1.54) is 31.3 Å². The van der Waals surface area contributed by atoms with E-state index >= 15 is 0 Å². The number of nitrogens with zero attached hydrogens (tertiary/aromatic N) is 3. The first-order valence-corrected chi connectivity index (χ1v) is 14.0. The minimum atomic E-state index is -0.453. The maximum absolute atomic E-state index is 14.1. The fourth-order valence-electron chi connectivity index (χ4n) is 4.51. The Morgan fingerprint density at radius 2 is 1.79 bits per heavy atom. The Hall–Kier alpha value is -4.74. The number of carbonyl (C=O) groups excluding carboxylic acids is 2. The summed E-state index contributed by atoms with van der Waals surface area (Å²) in [6.07, 6.45) is 4.61. The maximum atomic E-state index is 14.1. The fourth-order valence-corrected chi connectivity index (χ4v) is 4.72. The minimum Gasteiger partial charge on any atom is -0.488 e. The van der Waals surface area contributed by atoms with Crippen LogP contribution in [0.15, 0.2) is 73.1 Å². The van der Waals surface area contributed by atoms with Crippen LogP contribution in [0, 0.1) is 5.82 Å². The zero-order chi connectivity index (χ0) is 30.3. The van der Waals surface area contributed by atoms with Crippen LogP contribution in [0.2, 0.25) is 5.02 Å². The Balaban J connectivity index is 1.29. The van der Waals surface area contributed by atoms with E-state index in [-0.39, 0.29) is 23.3 Å². The number of rotatable bonds is 9. The van der Waals surface area contributed by atoms with Crippen LogP contribution in [0.5, 0.6) is 17.2 Å². The Morgan fingerprint density at radius 3 is 2.56 bits per heavy atom. The fraction of sp³-hybridized carbons (Fsp3) is 0.226. The van der Waals surface area contributed by atoms with Gasteiger partial charge in [0, 0.05) is 50.2 Å². The molecule has 1 aliphatic rings. The van der Waals surface area contributed by atoms with E-state index in [0.717, 1.165) is 25.9 Å². The average Bonchev–Trinajstić information content (AvgIpc) is 2.97. The van der Waals surface area contributed by atoms with Crippen LogP contribution in [0.3, 0.4) is 0 Å². The van der Waals surface area contributed by atoms with Gasteiger partial charge in [0.2, 0.25) is 5.91 Å². The molecule has 5 rings (SSSR count). The van der Waals surface area contributed by atoms with E-state index in [9.17, 15) is 14.0 Å². The second-order valence-corrected chi connectivity index (χ2v) is 10.5. The number of likely N-dealkylation sites (tertiary alicyclic amines) is 1. The summed E-state index contributed by atoms with van der Waals surface area (Å²) in [5.41, 5.74) is 1.19. The van der Waals surface area contributed by atoms with Crippen LogP contribution in [0.25, 0.3) is 0 Å². The highest BCUT2D eigenvalue weighted by Gasteiger charge is 2.21. The highest BCUT2D eigenvalue weighted by atomic mass is 35.5. The molecule has 43 heavy (non-hydrogen) atoms. The maximum Gasteiger partial charge on any atom is 0.259 e. The molecule has 1 fully saturated rings. The van der Waals surface area contributed by atoms with E-state index in [2.05, 4.69) is 30.8 Å². The molecule has 0 spiro atoms. The number of hydrogen-bond donors (Lipinski definition) is 3. The van der Waals surface area contributed by atoms with Gasteiger partial charge in [0.15, 0.2) is 0 Å². The molecule has 0 saturated carbocycles. The number of amides is 2. The molecule has 0 bridgehead atoms. The van der Waals surface area contributed by atoms with Gasteiger partial charge in [-0.1, -0.05) is 11.6 Å². The third-order valence-electron chi connectivity index (χ3n) is 6.66. The van der Waals surface area contributed by atoms with Gasteiger partial charge in [-0.05, 0) is 68.4 Å². The summed E-state index contributed by atoms with van der Waals surface area (Å²) in [4.78, 5) is 35.3. The molecule has 3 heterocycles. The monoisotopic (exact) mass is 604 g/mol. The Labute approximate surface area is 253 Å². The van der Waals surface area contributed by atoms with Gasteiger partial charge in [-0.15, -0.1) is 0 Å². The number of nitrogens with one attached hydrogen (secondary N) is 3. The van der Waals surface area contributed by atoms with Crippen molar-refractivity contribution < 1.29 is 23.5 Å². The summed E-state index contributed by atoms with van der Waals surface area (Å²) in [6.45, 7) is 3.15. The van der Waals surface area contributed by atoms with Crippen molar-refractivity contribution in [2.75, 3.05) is 36.1 Å². The van der Waals surface area contributed by atoms with Crippen LogP contribution in [0.4, 0.5) is 27.4 Å². The molecular formula is C31H30ClFN6O4. The molecular weight excluding hydrogens is 575 g/mol. The van der Waals surface area contributed by atoms with Crippen molar-refractivity contribution in [1.82, 2.24) is 14.9 Å². The molecule has 222 valence electrons. The molecule has 2 aromatic heterocycles. The van der Waals surface area contributed by atoms with Crippen molar-refractivity contribution in [1.29, 1.82) is 0 Å². The second kappa shape index (κ2) is 13.5. The van der Waals surface area contributed by atoms with Crippen LogP contribution in [-0.2, 0) is 4.79 Å². The van der Waals surface area contributed by atoms with E-state index in [0.29, 0.717) is 39.5 Å². The van der Waals surface area contributed by atoms with Crippen LogP contribution in [0.1, 0.15) is 30.1 Å². The predicted molar refractivity (Wildman–Crippen MR) is 163 cm³/mol.